The van der Waals surface area contributed by atoms with Crippen molar-refractivity contribution in [3.63, 3.8) is 0 Å². The van der Waals surface area contributed by atoms with Crippen LogP contribution in [0, 0.1) is 5.82 Å². The van der Waals surface area contributed by atoms with Gasteiger partial charge in [0.1, 0.15) is 5.82 Å². The minimum atomic E-state index is -3.77. The Bertz CT molecular complexity index is 826. The minimum absolute atomic E-state index is 0.0777. The van der Waals surface area contributed by atoms with Crippen molar-refractivity contribution in [2.24, 2.45) is 0 Å². The van der Waals surface area contributed by atoms with E-state index in [9.17, 15) is 22.8 Å². The third-order valence-electron chi connectivity index (χ3n) is 3.00. The normalized spacial score (nSPS) is 14.1. The second-order valence-corrected chi connectivity index (χ2v) is 4.72. The number of rotatable bonds is 2. The van der Waals surface area contributed by atoms with Crippen LogP contribution in [0.2, 0.25) is 0 Å². The van der Waals surface area contributed by atoms with E-state index in [1.807, 2.05) is 5.32 Å². The van der Waals surface area contributed by atoms with E-state index in [-0.39, 0.29) is 22.7 Å². The van der Waals surface area contributed by atoms with Crippen LogP contribution in [0.1, 0.15) is 10.4 Å². The molecule has 24 heavy (non-hydrogen) atoms. The van der Waals surface area contributed by atoms with E-state index in [2.05, 4.69) is 14.8 Å². The van der Waals surface area contributed by atoms with Gasteiger partial charge in [-0.3, -0.25) is 10.1 Å². The number of halogens is 3. The fourth-order valence-corrected chi connectivity index (χ4v) is 2.00. The Morgan fingerprint density at radius 1 is 1.00 bits per heavy atom. The van der Waals surface area contributed by atoms with Crippen LogP contribution in [0.4, 0.5) is 23.7 Å². The average molecular weight is 338 g/mol. The summed E-state index contributed by atoms with van der Waals surface area (Å²) in [5, 5.41) is 4.17. The number of carbonyl (C=O) groups excluding carboxylic acids is 2. The highest BCUT2D eigenvalue weighted by Crippen LogP contribution is 2.42. The van der Waals surface area contributed by atoms with Gasteiger partial charge in [-0.1, -0.05) is 12.1 Å². The van der Waals surface area contributed by atoms with Gasteiger partial charge < -0.3 is 14.8 Å². The maximum atomic E-state index is 13.4. The largest absolute Gasteiger partial charge is 0.586 e. The number of amides is 3. The first-order valence-electron chi connectivity index (χ1n) is 6.61. The molecule has 0 fully saturated rings. The van der Waals surface area contributed by atoms with Crippen LogP contribution in [0.5, 0.6) is 11.5 Å². The summed E-state index contributed by atoms with van der Waals surface area (Å²) < 4.78 is 47.7. The summed E-state index contributed by atoms with van der Waals surface area (Å²) in [5.41, 5.74) is -0.230. The van der Waals surface area contributed by atoms with Gasteiger partial charge in [0.05, 0.1) is 5.56 Å². The molecule has 0 aromatic heterocycles. The van der Waals surface area contributed by atoms with Gasteiger partial charge in [0, 0.05) is 11.8 Å². The molecule has 2 aromatic carbocycles. The summed E-state index contributed by atoms with van der Waals surface area (Å²) in [4.78, 5) is 23.5. The van der Waals surface area contributed by atoms with Crippen molar-refractivity contribution in [3.8, 4) is 11.5 Å². The fourth-order valence-electron chi connectivity index (χ4n) is 2.00. The zero-order chi connectivity index (χ0) is 17.3. The Morgan fingerprint density at radius 2 is 1.71 bits per heavy atom. The van der Waals surface area contributed by atoms with Gasteiger partial charge in [-0.2, -0.15) is 0 Å². The predicted molar refractivity (Wildman–Crippen MR) is 75.5 cm³/mol. The molecule has 0 radical (unpaired) electrons. The molecule has 124 valence electrons. The van der Waals surface area contributed by atoms with Gasteiger partial charge in [0.25, 0.3) is 5.91 Å². The van der Waals surface area contributed by atoms with Crippen molar-refractivity contribution in [2.45, 2.75) is 6.29 Å². The Labute approximate surface area is 133 Å². The molecule has 2 N–H and O–H groups in total. The maximum Gasteiger partial charge on any atom is 0.586 e. The molecule has 0 spiro atoms. The zero-order valence-electron chi connectivity index (χ0n) is 11.8. The first kappa shape index (κ1) is 15.7. The number of imide groups is 1. The van der Waals surface area contributed by atoms with Crippen LogP contribution in [-0.4, -0.2) is 18.2 Å². The van der Waals surface area contributed by atoms with E-state index in [1.165, 1.54) is 30.3 Å². The zero-order valence-corrected chi connectivity index (χ0v) is 11.8. The quantitative estimate of drug-likeness (QED) is 0.882. The molecule has 0 saturated heterocycles. The summed E-state index contributed by atoms with van der Waals surface area (Å²) in [6.07, 6.45) is -3.77. The Kier molecular flexibility index (Phi) is 3.76. The summed E-state index contributed by atoms with van der Waals surface area (Å²) in [5.74, 6) is -2.18. The molecule has 0 unspecified atom stereocenters. The van der Waals surface area contributed by atoms with Crippen molar-refractivity contribution in [2.75, 3.05) is 5.32 Å². The number of hydrogen-bond acceptors (Lipinski definition) is 4. The van der Waals surface area contributed by atoms with Crippen LogP contribution in [0.15, 0.2) is 42.5 Å². The number of fused-ring (bicyclic) bond motifs is 1. The molecule has 9 heteroatoms. The lowest BCUT2D eigenvalue weighted by Gasteiger charge is -2.07. The summed E-state index contributed by atoms with van der Waals surface area (Å²) in [6, 6.07) is 7.70. The molecule has 6 nitrogen and oxygen atoms in total. The topological polar surface area (TPSA) is 76.7 Å². The van der Waals surface area contributed by atoms with Gasteiger partial charge in [-0.25, -0.2) is 9.18 Å². The lowest BCUT2D eigenvalue weighted by Crippen LogP contribution is -2.34. The Morgan fingerprint density at radius 3 is 2.46 bits per heavy atom. The van der Waals surface area contributed by atoms with Crippen LogP contribution >= 0.6 is 0 Å². The number of ether oxygens (including phenoxy) is 2. The second kappa shape index (κ2) is 5.76. The molecule has 0 atom stereocenters. The highest BCUT2D eigenvalue weighted by molar-refractivity contribution is 6.08. The monoisotopic (exact) mass is 338 g/mol. The summed E-state index contributed by atoms with van der Waals surface area (Å²) in [7, 11) is 0. The molecule has 0 bridgehead atoms. The molecule has 1 heterocycles. The third kappa shape index (κ3) is 3.24. The smallest absolute Gasteiger partial charge is 0.395 e. The minimum Gasteiger partial charge on any atom is -0.395 e. The number of nitrogens with one attached hydrogen (secondary N) is 2. The second-order valence-electron chi connectivity index (χ2n) is 4.72. The van der Waals surface area contributed by atoms with Gasteiger partial charge in [0.15, 0.2) is 11.5 Å². The molecule has 3 amide bonds. The van der Waals surface area contributed by atoms with Crippen LogP contribution in [0.3, 0.4) is 0 Å². The van der Waals surface area contributed by atoms with Crippen molar-refractivity contribution in [1.82, 2.24) is 5.32 Å². The van der Waals surface area contributed by atoms with E-state index in [1.54, 1.807) is 0 Å². The first-order valence-corrected chi connectivity index (χ1v) is 6.61. The molecular weight excluding hydrogens is 329 g/mol. The summed E-state index contributed by atoms with van der Waals surface area (Å²) >= 11 is 0. The fraction of sp³-hybridized carbons (Fsp3) is 0.0667. The average Bonchev–Trinajstić information content (AvgIpc) is 2.80. The number of anilines is 1. The van der Waals surface area contributed by atoms with E-state index in [0.717, 1.165) is 12.1 Å². The van der Waals surface area contributed by atoms with Crippen molar-refractivity contribution < 1.29 is 32.2 Å². The molecule has 0 aliphatic carbocycles. The van der Waals surface area contributed by atoms with Gasteiger partial charge in [0.2, 0.25) is 0 Å². The number of hydrogen-bond donors (Lipinski definition) is 2. The molecule has 3 rings (SSSR count). The first-order chi connectivity index (χ1) is 11.3. The number of carbonyl (C=O) groups is 2. The van der Waals surface area contributed by atoms with Crippen LogP contribution < -0.4 is 20.1 Å². The summed E-state index contributed by atoms with van der Waals surface area (Å²) in [6.45, 7) is 0. The number of benzene rings is 2. The van der Waals surface area contributed by atoms with Gasteiger partial charge in [-0.15, -0.1) is 8.78 Å². The van der Waals surface area contributed by atoms with Gasteiger partial charge in [-0.05, 0) is 24.3 Å². The maximum absolute atomic E-state index is 13.4. The molecular formula is C15H9F3N2O4. The van der Waals surface area contributed by atoms with Gasteiger partial charge >= 0.3 is 12.3 Å². The predicted octanol–water partition coefficient (Wildman–Crippen LogP) is 3.11. The standard InChI is InChI=1S/C15H9F3N2O4/c16-10-4-2-1-3-9(10)13(21)20-14(22)19-8-5-6-11-12(7-8)24-15(17,18)23-11/h1-7H,(H2,19,20,21,22). The lowest BCUT2D eigenvalue weighted by atomic mass is 10.2. The van der Waals surface area contributed by atoms with Crippen molar-refractivity contribution in [3.05, 3.63) is 53.8 Å². The van der Waals surface area contributed by atoms with Crippen molar-refractivity contribution >= 4 is 17.6 Å². The van der Waals surface area contributed by atoms with Crippen molar-refractivity contribution in [1.29, 1.82) is 0 Å². The van der Waals surface area contributed by atoms with E-state index in [0.29, 0.717) is 0 Å². The number of alkyl halides is 2. The highest BCUT2D eigenvalue weighted by Gasteiger charge is 2.43. The van der Waals surface area contributed by atoms with Crippen LogP contribution in [-0.2, 0) is 0 Å². The van der Waals surface area contributed by atoms with Crippen LogP contribution in [0.25, 0.3) is 0 Å². The van der Waals surface area contributed by atoms with E-state index >= 15 is 0 Å². The van der Waals surface area contributed by atoms with E-state index < -0.39 is 24.1 Å². The lowest BCUT2D eigenvalue weighted by molar-refractivity contribution is -0.286. The molecule has 0 saturated carbocycles. The molecule has 1 aliphatic rings. The Hall–Kier alpha value is -3.23. The molecule has 2 aromatic rings. The molecule has 1 aliphatic heterocycles. The Balaban J connectivity index is 1.66. The van der Waals surface area contributed by atoms with E-state index in [4.69, 9.17) is 0 Å². The number of urea groups is 1. The highest BCUT2D eigenvalue weighted by atomic mass is 19.3. The SMILES string of the molecule is O=C(NC(=O)c1ccccc1F)Nc1ccc2c(c1)OC(F)(F)O2. The third-order valence-corrected chi connectivity index (χ3v) is 3.00.